The summed E-state index contributed by atoms with van der Waals surface area (Å²) in [6, 6.07) is 0. The van der Waals surface area contributed by atoms with Crippen LogP contribution in [0.2, 0.25) is 0 Å². The zero-order valence-corrected chi connectivity index (χ0v) is 8.82. The molecule has 0 saturated carbocycles. The van der Waals surface area contributed by atoms with E-state index in [4.69, 9.17) is 0 Å². The van der Waals surface area contributed by atoms with Crippen molar-refractivity contribution >= 4 is 18.2 Å². The topological polar surface area (TPSA) is 17.1 Å². The fourth-order valence-corrected chi connectivity index (χ4v) is 0.995. The molecule has 0 aliphatic rings. The van der Waals surface area contributed by atoms with Gasteiger partial charge in [0, 0.05) is 6.42 Å². The third-order valence-corrected chi connectivity index (χ3v) is 1.63. The zero-order valence-electron chi connectivity index (χ0n) is 8.01. The predicted molar refractivity (Wildman–Crippen MR) is 55.8 cm³/mol. The summed E-state index contributed by atoms with van der Waals surface area (Å²) in [5.74, 6) is 0.267. The molecular weight excluding hydrogens is 172 g/mol. The lowest BCUT2D eigenvalue weighted by Gasteiger charge is -1.94. The van der Waals surface area contributed by atoms with Crippen molar-refractivity contribution in [1.29, 1.82) is 0 Å². The number of halogens is 1. The maximum Gasteiger partial charge on any atom is 0.155 e. The van der Waals surface area contributed by atoms with Crippen molar-refractivity contribution in [3.8, 4) is 0 Å². The van der Waals surface area contributed by atoms with E-state index in [1.54, 1.807) is 6.08 Å². The molecule has 0 atom stereocenters. The standard InChI is InChI=1S/C10H18O.ClH/c1-3-5-6-7-9-10(11)8-4-2;/h4,8H,3,5-7,9H2,1-2H3;1H/b8-4+;. The first kappa shape index (κ1) is 14.2. The summed E-state index contributed by atoms with van der Waals surface area (Å²) in [5, 5.41) is 0. The highest BCUT2D eigenvalue weighted by Gasteiger charge is 1.94. The molecular formula is C10H19ClO. The summed E-state index contributed by atoms with van der Waals surface area (Å²) in [6.07, 6.45) is 8.93. The Morgan fingerprint density at radius 2 is 1.92 bits per heavy atom. The molecule has 0 amide bonds. The van der Waals surface area contributed by atoms with Crippen LogP contribution in [0.3, 0.4) is 0 Å². The van der Waals surface area contributed by atoms with Crippen LogP contribution in [-0.2, 0) is 4.79 Å². The summed E-state index contributed by atoms with van der Waals surface area (Å²) < 4.78 is 0. The van der Waals surface area contributed by atoms with Crippen LogP contribution in [0.5, 0.6) is 0 Å². The number of hydrogen-bond acceptors (Lipinski definition) is 1. The second kappa shape index (κ2) is 10.7. The Morgan fingerprint density at radius 1 is 1.25 bits per heavy atom. The molecule has 0 aromatic rings. The van der Waals surface area contributed by atoms with Crippen molar-refractivity contribution in [3.05, 3.63) is 12.2 Å². The molecule has 0 saturated heterocycles. The molecule has 0 aromatic carbocycles. The normalized spacial score (nSPS) is 9.83. The van der Waals surface area contributed by atoms with Gasteiger partial charge in [0.15, 0.2) is 5.78 Å². The van der Waals surface area contributed by atoms with Gasteiger partial charge in [0.05, 0.1) is 0 Å². The molecule has 2 heteroatoms. The van der Waals surface area contributed by atoms with Crippen LogP contribution in [0, 0.1) is 0 Å². The number of carbonyl (C=O) groups excluding carboxylic acids is 1. The van der Waals surface area contributed by atoms with Crippen LogP contribution in [-0.4, -0.2) is 5.78 Å². The molecule has 12 heavy (non-hydrogen) atoms. The quantitative estimate of drug-likeness (QED) is 0.463. The van der Waals surface area contributed by atoms with Gasteiger partial charge in [0.25, 0.3) is 0 Å². The third-order valence-electron chi connectivity index (χ3n) is 1.63. The molecule has 0 radical (unpaired) electrons. The highest BCUT2D eigenvalue weighted by atomic mass is 35.5. The molecule has 0 bridgehead atoms. The van der Waals surface area contributed by atoms with Gasteiger partial charge in [0.1, 0.15) is 0 Å². The second-order valence-corrected chi connectivity index (χ2v) is 2.78. The smallest absolute Gasteiger partial charge is 0.155 e. The van der Waals surface area contributed by atoms with Gasteiger partial charge < -0.3 is 0 Å². The van der Waals surface area contributed by atoms with Crippen molar-refractivity contribution in [2.75, 3.05) is 0 Å². The van der Waals surface area contributed by atoms with Crippen LogP contribution < -0.4 is 0 Å². The molecule has 1 nitrogen and oxygen atoms in total. The Kier molecular flexibility index (Phi) is 12.7. The Morgan fingerprint density at radius 3 is 2.42 bits per heavy atom. The van der Waals surface area contributed by atoms with E-state index in [2.05, 4.69) is 6.92 Å². The maximum atomic E-state index is 10.9. The second-order valence-electron chi connectivity index (χ2n) is 2.78. The summed E-state index contributed by atoms with van der Waals surface area (Å²) in [7, 11) is 0. The Hall–Kier alpha value is -0.300. The largest absolute Gasteiger partial charge is 0.295 e. The lowest BCUT2D eigenvalue weighted by atomic mass is 10.1. The molecule has 0 aliphatic heterocycles. The van der Waals surface area contributed by atoms with Crippen LogP contribution in [0.25, 0.3) is 0 Å². The molecule has 0 rings (SSSR count). The van der Waals surface area contributed by atoms with Gasteiger partial charge in [-0.25, -0.2) is 0 Å². The summed E-state index contributed by atoms with van der Waals surface area (Å²) in [4.78, 5) is 10.9. The molecule has 72 valence electrons. The summed E-state index contributed by atoms with van der Waals surface area (Å²) in [6.45, 7) is 4.05. The first-order chi connectivity index (χ1) is 5.31. The van der Waals surface area contributed by atoms with E-state index >= 15 is 0 Å². The molecule has 0 aliphatic carbocycles. The average Bonchev–Trinajstić information content (AvgIpc) is 1.99. The minimum Gasteiger partial charge on any atom is -0.295 e. The monoisotopic (exact) mass is 190 g/mol. The van der Waals surface area contributed by atoms with Crippen molar-refractivity contribution < 1.29 is 4.79 Å². The van der Waals surface area contributed by atoms with Crippen LogP contribution >= 0.6 is 12.4 Å². The van der Waals surface area contributed by atoms with Gasteiger partial charge in [0.2, 0.25) is 0 Å². The van der Waals surface area contributed by atoms with E-state index < -0.39 is 0 Å². The molecule has 0 aromatic heterocycles. The minimum absolute atomic E-state index is 0. The molecule has 0 unspecified atom stereocenters. The van der Waals surface area contributed by atoms with Gasteiger partial charge >= 0.3 is 0 Å². The number of carbonyl (C=O) groups is 1. The van der Waals surface area contributed by atoms with Crippen molar-refractivity contribution in [2.45, 2.75) is 46.0 Å². The average molecular weight is 191 g/mol. The Bertz CT molecular complexity index is 130. The van der Waals surface area contributed by atoms with E-state index in [9.17, 15) is 4.79 Å². The van der Waals surface area contributed by atoms with E-state index in [1.807, 2.05) is 13.0 Å². The number of rotatable bonds is 6. The number of ketones is 1. The maximum absolute atomic E-state index is 10.9. The van der Waals surface area contributed by atoms with Gasteiger partial charge in [-0.3, -0.25) is 4.79 Å². The lowest BCUT2D eigenvalue weighted by Crippen LogP contribution is -1.91. The van der Waals surface area contributed by atoms with E-state index in [0.29, 0.717) is 0 Å². The van der Waals surface area contributed by atoms with Crippen LogP contribution in [0.1, 0.15) is 46.0 Å². The highest BCUT2D eigenvalue weighted by molar-refractivity contribution is 5.89. The number of allylic oxidation sites excluding steroid dienone is 2. The van der Waals surface area contributed by atoms with Crippen molar-refractivity contribution in [1.82, 2.24) is 0 Å². The lowest BCUT2D eigenvalue weighted by molar-refractivity contribution is -0.114. The predicted octanol–water partition coefficient (Wildman–Crippen LogP) is 3.52. The SMILES string of the molecule is C/C=C/C(=O)CCCCCC.Cl. The molecule has 0 N–H and O–H groups in total. The summed E-state index contributed by atoms with van der Waals surface area (Å²) >= 11 is 0. The molecule has 0 fully saturated rings. The first-order valence-electron chi connectivity index (χ1n) is 4.46. The first-order valence-corrected chi connectivity index (χ1v) is 4.46. The molecule has 0 heterocycles. The zero-order chi connectivity index (χ0) is 8.53. The van der Waals surface area contributed by atoms with Crippen LogP contribution in [0.4, 0.5) is 0 Å². The van der Waals surface area contributed by atoms with Crippen molar-refractivity contribution in [2.24, 2.45) is 0 Å². The third kappa shape index (κ3) is 9.70. The van der Waals surface area contributed by atoms with Gasteiger partial charge in [-0.15, -0.1) is 12.4 Å². The van der Waals surface area contributed by atoms with E-state index in [1.165, 1.54) is 19.3 Å². The number of hydrogen-bond donors (Lipinski definition) is 0. The van der Waals surface area contributed by atoms with Crippen LogP contribution in [0.15, 0.2) is 12.2 Å². The summed E-state index contributed by atoms with van der Waals surface area (Å²) in [5.41, 5.74) is 0. The van der Waals surface area contributed by atoms with E-state index in [0.717, 1.165) is 12.8 Å². The minimum atomic E-state index is 0. The number of unbranched alkanes of at least 4 members (excludes halogenated alkanes) is 3. The van der Waals surface area contributed by atoms with Crippen molar-refractivity contribution in [3.63, 3.8) is 0 Å². The highest BCUT2D eigenvalue weighted by Crippen LogP contribution is 2.02. The Balaban J connectivity index is 0. The fraction of sp³-hybridized carbons (Fsp3) is 0.700. The van der Waals surface area contributed by atoms with Gasteiger partial charge in [-0.05, 0) is 19.4 Å². The fourth-order valence-electron chi connectivity index (χ4n) is 0.995. The van der Waals surface area contributed by atoms with E-state index in [-0.39, 0.29) is 18.2 Å². The van der Waals surface area contributed by atoms with Gasteiger partial charge in [-0.1, -0.05) is 32.3 Å². The molecule has 0 spiro atoms. The van der Waals surface area contributed by atoms with Gasteiger partial charge in [-0.2, -0.15) is 0 Å². The Labute approximate surface area is 81.6 Å².